The first-order chi connectivity index (χ1) is 13.4. The quantitative estimate of drug-likeness (QED) is 0.710. The van der Waals surface area contributed by atoms with Gasteiger partial charge in [0.1, 0.15) is 0 Å². The van der Waals surface area contributed by atoms with Crippen LogP contribution in [0.5, 0.6) is 0 Å². The van der Waals surface area contributed by atoms with E-state index in [1.54, 1.807) is 17.0 Å². The van der Waals surface area contributed by atoms with Crippen LogP contribution in [0.25, 0.3) is 0 Å². The number of nitriles is 1. The number of carbonyl (C=O) groups is 3. The average Bonchev–Trinajstić information content (AvgIpc) is 2.95. The van der Waals surface area contributed by atoms with Crippen LogP contribution in [0.3, 0.4) is 0 Å². The number of benzene rings is 1. The third kappa shape index (κ3) is 4.09. The van der Waals surface area contributed by atoms with Crippen LogP contribution in [0.2, 0.25) is 0 Å². The molecule has 2 aliphatic rings. The molecule has 6 heteroatoms. The first-order valence-corrected chi connectivity index (χ1v) is 10.1. The second-order valence-electron chi connectivity index (χ2n) is 8.00. The summed E-state index contributed by atoms with van der Waals surface area (Å²) in [5.41, 5.74) is 1.53. The Labute approximate surface area is 166 Å². The molecule has 6 nitrogen and oxygen atoms in total. The Morgan fingerprint density at radius 1 is 1.14 bits per heavy atom. The first kappa shape index (κ1) is 20.1. The number of hydrogen-bond donors (Lipinski definition) is 0. The van der Waals surface area contributed by atoms with Gasteiger partial charge in [-0.3, -0.25) is 19.3 Å². The van der Waals surface area contributed by atoms with Gasteiger partial charge in [-0.1, -0.05) is 25.0 Å². The molecule has 0 aromatic heterocycles. The van der Waals surface area contributed by atoms with Crippen LogP contribution in [0, 0.1) is 23.2 Å². The van der Waals surface area contributed by atoms with Crippen molar-refractivity contribution in [1.82, 2.24) is 9.80 Å². The molecule has 1 aliphatic carbocycles. The van der Waals surface area contributed by atoms with Gasteiger partial charge in [0, 0.05) is 25.6 Å². The summed E-state index contributed by atoms with van der Waals surface area (Å²) in [6, 6.07) is 9.25. The van der Waals surface area contributed by atoms with Crippen molar-refractivity contribution in [3.8, 4) is 6.07 Å². The van der Waals surface area contributed by atoms with Crippen LogP contribution in [0.15, 0.2) is 24.3 Å². The van der Waals surface area contributed by atoms with Gasteiger partial charge in [0.2, 0.25) is 17.7 Å². The predicted molar refractivity (Wildman–Crippen MR) is 104 cm³/mol. The maximum Gasteiger partial charge on any atom is 0.233 e. The highest BCUT2D eigenvalue weighted by Crippen LogP contribution is 2.38. The van der Waals surface area contributed by atoms with Crippen LogP contribution < -0.4 is 0 Å². The molecule has 1 aliphatic heterocycles. The number of nitrogens with zero attached hydrogens (tertiary/aromatic N) is 3. The lowest BCUT2D eigenvalue weighted by atomic mass is 9.81. The van der Waals surface area contributed by atoms with Gasteiger partial charge < -0.3 is 4.90 Å². The Bertz CT molecular complexity index is 770. The molecule has 1 saturated heterocycles. The summed E-state index contributed by atoms with van der Waals surface area (Å²) < 4.78 is 0. The van der Waals surface area contributed by atoms with Crippen molar-refractivity contribution in [3.05, 3.63) is 35.4 Å². The monoisotopic (exact) mass is 381 g/mol. The number of likely N-dealkylation sites (tertiary alicyclic amines) is 1. The molecule has 1 aromatic rings. The van der Waals surface area contributed by atoms with E-state index in [4.69, 9.17) is 5.26 Å². The number of imide groups is 1. The predicted octanol–water partition coefficient (Wildman–Crippen LogP) is 2.86. The summed E-state index contributed by atoms with van der Waals surface area (Å²) >= 11 is 0. The molecular weight excluding hydrogens is 354 g/mol. The third-order valence-corrected chi connectivity index (χ3v) is 5.86. The first-order valence-electron chi connectivity index (χ1n) is 10.1. The number of carbonyl (C=O) groups excluding carboxylic acids is 3. The maximum absolute atomic E-state index is 12.8. The molecule has 3 amide bonds. The van der Waals surface area contributed by atoms with Crippen LogP contribution in [-0.4, -0.2) is 40.1 Å². The number of rotatable bonds is 6. The van der Waals surface area contributed by atoms with Crippen molar-refractivity contribution in [2.45, 2.75) is 58.5 Å². The minimum Gasteiger partial charge on any atom is -0.336 e. The standard InChI is InChI=1S/C22H27N3O3/c1-15(2)25(14-17-9-7-16(13-23)8-10-17)20(26)11-12-24-21(27)18-5-3-4-6-19(18)22(24)28/h7-10,15,18-19H,3-6,11-12,14H2,1-2H3. The van der Waals surface area contributed by atoms with Crippen molar-refractivity contribution >= 4 is 17.7 Å². The molecule has 0 radical (unpaired) electrons. The second-order valence-corrected chi connectivity index (χ2v) is 8.00. The highest BCUT2D eigenvalue weighted by atomic mass is 16.2. The van der Waals surface area contributed by atoms with Gasteiger partial charge in [-0.15, -0.1) is 0 Å². The van der Waals surface area contributed by atoms with Crippen molar-refractivity contribution < 1.29 is 14.4 Å². The molecule has 2 atom stereocenters. The fourth-order valence-electron chi connectivity index (χ4n) is 4.24. The number of amides is 3. The van der Waals surface area contributed by atoms with E-state index < -0.39 is 0 Å². The smallest absolute Gasteiger partial charge is 0.233 e. The molecular formula is C22H27N3O3. The van der Waals surface area contributed by atoms with Gasteiger partial charge in [0.05, 0.1) is 23.5 Å². The van der Waals surface area contributed by atoms with Gasteiger partial charge in [-0.25, -0.2) is 0 Å². The lowest BCUT2D eigenvalue weighted by Gasteiger charge is -2.28. The second kappa shape index (κ2) is 8.55. The fourth-order valence-corrected chi connectivity index (χ4v) is 4.24. The molecule has 0 bridgehead atoms. The van der Waals surface area contributed by atoms with Gasteiger partial charge in [0.25, 0.3) is 0 Å². The van der Waals surface area contributed by atoms with Crippen LogP contribution in [0.1, 0.15) is 57.1 Å². The van der Waals surface area contributed by atoms with E-state index in [0.29, 0.717) is 12.1 Å². The number of hydrogen-bond acceptors (Lipinski definition) is 4. The molecule has 2 unspecified atom stereocenters. The van der Waals surface area contributed by atoms with E-state index in [0.717, 1.165) is 31.2 Å². The molecule has 2 fully saturated rings. The summed E-state index contributed by atoms with van der Waals surface area (Å²) in [6.45, 7) is 4.50. The van der Waals surface area contributed by atoms with E-state index in [1.807, 2.05) is 26.0 Å². The lowest BCUT2D eigenvalue weighted by Crippen LogP contribution is -2.40. The third-order valence-electron chi connectivity index (χ3n) is 5.86. The highest BCUT2D eigenvalue weighted by molar-refractivity contribution is 6.05. The Morgan fingerprint density at radius 3 is 2.21 bits per heavy atom. The lowest BCUT2D eigenvalue weighted by molar-refractivity contribution is -0.141. The van der Waals surface area contributed by atoms with E-state index >= 15 is 0 Å². The van der Waals surface area contributed by atoms with Crippen LogP contribution >= 0.6 is 0 Å². The zero-order valence-corrected chi connectivity index (χ0v) is 16.6. The minimum absolute atomic E-state index is 0.00398. The minimum atomic E-state index is -0.170. The maximum atomic E-state index is 12.8. The largest absolute Gasteiger partial charge is 0.336 e. The van der Waals surface area contributed by atoms with E-state index in [-0.39, 0.29) is 48.6 Å². The zero-order chi connectivity index (χ0) is 20.3. The normalized spacial score (nSPS) is 21.6. The molecule has 28 heavy (non-hydrogen) atoms. The van der Waals surface area contributed by atoms with Crippen molar-refractivity contribution in [2.75, 3.05) is 6.54 Å². The molecule has 1 aromatic carbocycles. The molecule has 3 rings (SSSR count). The van der Waals surface area contributed by atoms with Crippen molar-refractivity contribution in [3.63, 3.8) is 0 Å². The molecule has 148 valence electrons. The Balaban J connectivity index is 1.62. The van der Waals surface area contributed by atoms with Gasteiger partial charge >= 0.3 is 0 Å². The van der Waals surface area contributed by atoms with Crippen molar-refractivity contribution in [1.29, 1.82) is 5.26 Å². The average molecular weight is 381 g/mol. The topological polar surface area (TPSA) is 81.5 Å². The van der Waals surface area contributed by atoms with Gasteiger partial charge in [0.15, 0.2) is 0 Å². The van der Waals surface area contributed by atoms with Crippen LogP contribution in [-0.2, 0) is 20.9 Å². The van der Waals surface area contributed by atoms with E-state index in [9.17, 15) is 14.4 Å². The molecule has 0 spiro atoms. The molecule has 1 heterocycles. The highest BCUT2D eigenvalue weighted by Gasteiger charge is 2.47. The van der Waals surface area contributed by atoms with E-state index in [2.05, 4.69) is 6.07 Å². The fraction of sp³-hybridized carbons (Fsp3) is 0.545. The summed E-state index contributed by atoms with van der Waals surface area (Å²) in [5.74, 6) is -0.599. The SMILES string of the molecule is CC(C)N(Cc1ccc(C#N)cc1)C(=O)CCN1C(=O)C2CCCCC2C1=O. The Hall–Kier alpha value is -2.68. The number of fused-ring (bicyclic) bond motifs is 1. The summed E-state index contributed by atoms with van der Waals surface area (Å²) in [5, 5.41) is 8.91. The van der Waals surface area contributed by atoms with Gasteiger partial charge in [-0.2, -0.15) is 5.26 Å². The molecule has 1 saturated carbocycles. The molecule has 0 N–H and O–H groups in total. The summed E-state index contributed by atoms with van der Waals surface area (Å²) in [7, 11) is 0. The van der Waals surface area contributed by atoms with Gasteiger partial charge in [-0.05, 0) is 44.4 Å². The van der Waals surface area contributed by atoms with Crippen molar-refractivity contribution in [2.24, 2.45) is 11.8 Å². The van der Waals surface area contributed by atoms with E-state index in [1.165, 1.54) is 4.90 Å². The Kier molecular flexibility index (Phi) is 6.13. The summed E-state index contributed by atoms with van der Waals surface area (Å²) in [4.78, 5) is 41.0. The summed E-state index contributed by atoms with van der Waals surface area (Å²) in [6.07, 6.45) is 3.72. The Morgan fingerprint density at radius 2 is 1.71 bits per heavy atom. The van der Waals surface area contributed by atoms with Crippen LogP contribution in [0.4, 0.5) is 0 Å². The zero-order valence-electron chi connectivity index (χ0n) is 16.6.